The number of benzene rings is 2. The molecule has 0 bridgehead atoms. The lowest BCUT2D eigenvalue weighted by molar-refractivity contribution is 0.944. The van der Waals surface area contributed by atoms with E-state index in [0.717, 1.165) is 20.3 Å². The van der Waals surface area contributed by atoms with Crippen LogP contribution in [0, 0.1) is 11.8 Å². The molecule has 24 heavy (non-hydrogen) atoms. The molecule has 0 saturated heterocycles. The maximum atomic E-state index is 3.53. The smallest absolute Gasteiger partial charge is 0.0932 e. The fourth-order valence-electron chi connectivity index (χ4n) is 2.97. The lowest BCUT2D eigenvalue weighted by Crippen LogP contribution is -1.93. The second kappa shape index (κ2) is 5.84. The van der Waals surface area contributed by atoms with Gasteiger partial charge in [0.25, 0.3) is 0 Å². The fourth-order valence-corrected chi connectivity index (χ4v) is 3.67. The van der Waals surface area contributed by atoms with Crippen molar-refractivity contribution in [2.45, 2.75) is 0 Å². The van der Waals surface area contributed by atoms with E-state index in [1.807, 2.05) is 0 Å². The molecule has 118 valence electrons. The molecule has 0 radical (unpaired) electrons. The second-order valence-electron chi connectivity index (χ2n) is 5.83. The first kappa shape index (κ1) is 15.6. The molecule has 0 unspecified atom stereocenters. The van der Waals surface area contributed by atoms with Crippen LogP contribution in [0.2, 0.25) is 0 Å². The quantitative estimate of drug-likeness (QED) is 0.314. The van der Waals surface area contributed by atoms with E-state index in [2.05, 4.69) is 115 Å². The number of hydrogen-bond donors (Lipinski definition) is 0. The van der Waals surface area contributed by atoms with Crippen LogP contribution in [0.4, 0.5) is 0 Å². The summed E-state index contributed by atoms with van der Waals surface area (Å²) in [6.07, 6.45) is 0. The van der Waals surface area contributed by atoms with Gasteiger partial charge >= 0.3 is 0 Å². The Morgan fingerprint density at radius 1 is 0.667 bits per heavy atom. The van der Waals surface area contributed by atoms with Crippen LogP contribution in [0.3, 0.4) is 0 Å². The average molecular weight is 442 g/mol. The largest absolute Gasteiger partial charge is 0.337 e. The van der Waals surface area contributed by atoms with Crippen molar-refractivity contribution in [2.75, 3.05) is 0 Å². The van der Waals surface area contributed by atoms with E-state index in [1.54, 1.807) is 0 Å². The van der Waals surface area contributed by atoms with Gasteiger partial charge in [0.1, 0.15) is 0 Å². The number of hydrogen-bond acceptors (Lipinski definition) is 0. The SMILES string of the molecule is Cn1c(C#Cc2cc3ccc(Br)cc3n2C)cc2ccc(Br)cc21. The number of fused-ring (bicyclic) bond motifs is 2. The average Bonchev–Trinajstić information content (AvgIpc) is 3.04. The number of nitrogens with zero attached hydrogens (tertiary/aromatic N) is 2. The summed E-state index contributed by atoms with van der Waals surface area (Å²) in [5.74, 6) is 6.64. The van der Waals surface area contributed by atoms with Crippen molar-refractivity contribution in [3.8, 4) is 11.8 Å². The first-order valence-electron chi connectivity index (χ1n) is 7.55. The van der Waals surface area contributed by atoms with Crippen molar-refractivity contribution in [3.05, 3.63) is 68.9 Å². The first-order valence-corrected chi connectivity index (χ1v) is 9.13. The predicted octanol–water partition coefficient (Wildman–Crippen LogP) is 5.59. The van der Waals surface area contributed by atoms with Gasteiger partial charge in [0.05, 0.1) is 11.4 Å². The molecule has 0 amide bonds. The zero-order valence-electron chi connectivity index (χ0n) is 13.3. The zero-order chi connectivity index (χ0) is 16.8. The number of rotatable bonds is 0. The van der Waals surface area contributed by atoms with Gasteiger partial charge in [-0.2, -0.15) is 0 Å². The van der Waals surface area contributed by atoms with Gasteiger partial charge in [0.2, 0.25) is 0 Å². The lowest BCUT2D eigenvalue weighted by Gasteiger charge is -1.99. The van der Waals surface area contributed by atoms with Crippen LogP contribution in [-0.4, -0.2) is 9.13 Å². The van der Waals surface area contributed by atoms with Crippen molar-refractivity contribution >= 4 is 53.7 Å². The Morgan fingerprint density at radius 3 is 1.50 bits per heavy atom. The molecule has 4 aromatic rings. The van der Waals surface area contributed by atoms with Crippen LogP contribution in [-0.2, 0) is 14.1 Å². The van der Waals surface area contributed by atoms with Crippen molar-refractivity contribution in [2.24, 2.45) is 14.1 Å². The second-order valence-corrected chi connectivity index (χ2v) is 7.66. The maximum Gasteiger partial charge on any atom is 0.0932 e. The van der Waals surface area contributed by atoms with Crippen LogP contribution < -0.4 is 0 Å². The van der Waals surface area contributed by atoms with Crippen molar-refractivity contribution in [3.63, 3.8) is 0 Å². The molecule has 0 N–H and O–H groups in total. The fraction of sp³-hybridized carbons (Fsp3) is 0.100. The van der Waals surface area contributed by atoms with E-state index in [9.17, 15) is 0 Å². The summed E-state index contributed by atoms with van der Waals surface area (Å²) in [4.78, 5) is 0. The van der Waals surface area contributed by atoms with E-state index in [4.69, 9.17) is 0 Å². The maximum absolute atomic E-state index is 3.53. The summed E-state index contributed by atoms with van der Waals surface area (Å²) in [5, 5.41) is 2.40. The number of aryl methyl sites for hydroxylation is 2. The third-order valence-corrected chi connectivity index (χ3v) is 5.32. The third-order valence-electron chi connectivity index (χ3n) is 4.33. The van der Waals surface area contributed by atoms with Gasteiger partial charge in [-0.25, -0.2) is 0 Å². The summed E-state index contributed by atoms with van der Waals surface area (Å²) >= 11 is 7.06. The van der Waals surface area contributed by atoms with Gasteiger partial charge in [-0.1, -0.05) is 44.0 Å². The molecular weight excluding hydrogens is 428 g/mol. The van der Waals surface area contributed by atoms with E-state index >= 15 is 0 Å². The topological polar surface area (TPSA) is 9.86 Å². The van der Waals surface area contributed by atoms with Gasteiger partial charge in [0.15, 0.2) is 0 Å². The molecule has 0 spiro atoms. The molecule has 0 aliphatic rings. The minimum Gasteiger partial charge on any atom is -0.337 e. The highest BCUT2D eigenvalue weighted by atomic mass is 79.9. The van der Waals surface area contributed by atoms with Gasteiger partial charge in [-0.3, -0.25) is 0 Å². The summed E-state index contributed by atoms with van der Waals surface area (Å²) in [6, 6.07) is 16.8. The zero-order valence-corrected chi connectivity index (χ0v) is 16.4. The van der Waals surface area contributed by atoms with Crippen molar-refractivity contribution in [1.29, 1.82) is 0 Å². The minimum absolute atomic E-state index is 1.01. The monoisotopic (exact) mass is 440 g/mol. The van der Waals surface area contributed by atoms with Crippen LogP contribution in [0.15, 0.2) is 57.5 Å². The van der Waals surface area contributed by atoms with Crippen LogP contribution in [0.5, 0.6) is 0 Å². The minimum atomic E-state index is 1.01. The molecule has 2 aromatic carbocycles. The predicted molar refractivity (Wildman–Crippen MR) is 107 cm³/mol. The summed E-state index contributed by atoms with van der Waals surface area (Å²) in [6.45, 7) is 0. The molecule has 0 atom stereocenters. The molecule has 0 aliphatic carbocycles. The molecule has 4 rings (SSSR count). The summed E-state index contributed by atoms with van der Waals surface area (Å²) in [7, 11) is 4.11. The summed E-state index contributed by atoms with van der Waals surface area (Å²) in [5.41, 5.74) is 4.37. The molecular formula is C20H14Br2N2. The molecule has 2 heterocycles. The van der Waals surface area contributed by atoms with Gasteiger partial charge in [0, 0.05) is 44.8 Å². The Bertz CT molecular complexity index is 1060. The van der Waals surface area contributed by atoms with E-state index in [0.29, 0.717) is 0 Å². The molecule has 4 heteroatoms. The van der Waals surface area contributed by atoms with Gasteiger partial charge < -0.3 is 9.13 Å². The van der Waals surface area contributed by atoms with Crippen molar-refractivity contribution < 1.29 is 0 Å². The molecule has 2 aromatic heterocycles. The van der Waals surface area contributed by atoms with E-state index < -0.39 is 0 Å². The highest BCUT2D eigenvalue weighted by Crippen LogP contribution is 2.24. The normalized spacial score (nSPS) is 11.0. The molecule has 0 fully saturated rings. The van der Waals surface area contributed by atoms with E-state index in [-0.39, 0.29) is 0 Å². The highest BCUT2D eigenvalue weighted by Gasteiger charge is 2.06. The van der Waals surface area contributed by atoms with E-state index in [1.165, 1.54) is 21.8 Å². The van der Waals surface area contributed by atoms with Crippen molar-refractivity contribution in [1.82, 2.24) is 9.13 Å². The third kappa shape index (κ3) is 2.58. The molecule has 0 saturated carbocycles. The number of aromatic nitrogens is 2. The van der Waals surface area contributed by atoms with Gasteiger partial charge in [-0.05, 0) is 48.2 Å². The highest BCUT2D eigenvalue weighted by molar-refractivity contribution is 9.10. The van der Waals surface area contributed by atoms with Crippen LogP contribution in [0.1, 0.15) is 11.4 Å². The number of halogens is 2. The Hall–Kier alpha value is -1.96. The van der Waals surface area contributed by atoms with Crippen LogP contribution >= 0.6 is 31.9 Å². The Balaban J connectivity index is 1.82. The molecule has 2 nitrogen and oxygen atoms in total. The Morgan fingerprint density at radius 2 is 1.08 bits per heavy atom. The standard InChI is InChI=1S/C20H14Br2N2/c1-23-17(9-13-3-5-15(21)11-19(13)23)7-8-18-10-14-4-6-16(22)12-20(14)24(18)2/h3-6,9-12H,1-2H3. The lowest BCUT2D eigenvalue weighted by atomic mass is 10.2. The Labute approximate surface area is 157 Å². The Kier molecular flexibility index (Phi) is 3.79. The summed E-state index contributed by atoms with van der Waals surface area (Å²) < 4.78 is 6.42. The molecule has 0 aliphatic heterocycles. The van der Waals surface area contributed by atoms with Crippen LogP contribution in [0.25, 0.3) is 21.8 Å². The first-order chi connectivity index (χ1) is 11.5. The van der Waals surface area contributed by atoms with Gasteiger partial charge in [-0.15, -0.1) is 0 Å².